The standard InChI is InChI=1S/C34H37N3O5S/c1-42-31-20-18-28(19-21-31)23-35-34(39)32(22-27-12-6-3-7-13-27)37(25-30-16-10-5-11-17-30)33(38)26-36(43(2,40)41)24-29-14-8-4-9-15-29/h3-21,32H,22-26H2,1-2H3,(H,35,39)/t32-/m1/s1. The van der Waals surface area contributed by atoms with Crippen LogP contribution in [0.15, 0.2) is 115 Å². The Hall–Kier alpha value is -4.47. The Morgan fingerprint density at radius 2 is 1.23 bits per heavy atom. The quantitative estimate of drug-likeness (QED) is 0.232. The molecule has 4 aromatic carbocycles. The largest absolute Gasteiger partial charge is 0.497 e. The normalized spacial score (nSPS) is 12.0. The molecule has 0 saturated carbocycles. The fraction of sp³-hybridized carbons (Fsp3) is 0.235. The first-order valence-corrected chi connectivity index (χ1v) is 15.8. The molecular formula is C34H37N3O5S. The van der Waals surface area contributed by atoms with E-state index < -0.39 is 28.5 Å². The van der Waals surface area contributed by atoms with Crippen molar-refractivity contribution in [2.24, 2.45) is 0 Å². The van der Waals surface area contributed by atoms with E-state index in [9.17, 15) is 18.0 Å². The van der Waals surface area contributed by atoms with Crippen LogP contribution in [0.2, 0.25) is 0 Å². The molecule has 0 spiro atoms. The van der Waals surface area contributed by atoms with E-state index in [2.05, 4.69) is 5.32 Å². The number of nitrogens with zero attached hydrogens (tertiary/aromatic N) is 2. The van der Waals surface area contributed by atoms with E-state index in [0.29, 0.717) is 5.75 Å². The predicted molar refractivity (Wildman–Crippen MR) is 167 cm³/mol. The van der Waals surface area contributed by atoms with Gasteiger partial charge in [-0.3, -0.25) is 9.59 Å². The summed E-state index contributed by atoms with van der Waals surface area (Å²) in [7, 11) is -2.16. The summed E-state index contributed by atoms with van der Waals surface area (Å²) in [5.41, 5.74) is 3.33. The van der Waals surface area contributed by atoms with Crippen molar-refractivity contribution in [2.75, 3.05) is 19.9 Å². The molecule has 0 fully saturated rings. The maximum Gasteiger partial charge on any atom is 0.243 e. The molecule has 1 N–H and O–H groups in total. The van der Waals surface area contributed by atoms with E-state index in [-0.39, 0.29) is 32.0 Å². The maximum atomic E-state index is 14.1. The minimum atomic E-state index is -3.75. The van der Waals surface area contributed by atoms with Crippen LogP contribution in [0, 0.1) is 0 Å². The molecule has 0 aromatic heterocycles. The highest BCUT2D eigenvalue weighted by molar-refractivity contribution is 7.88. The van der Waals surface area contributed by atoms with Crippen molar-refractivity contribution in [1.82, 2.24) is 14.5 Å². The maximum absolute atomic E-state index is 14.1. The highest BCUT2D eigenvalue weighted by Crippen LogP contribution is 2.18. The molecule has 4 aromatic rings. The predicted octanol–water partition coefficient (Wildman–Crippen LogP) is 4.41. The van der Waals surface area contributed by atoms with Gasteiger partial charge in [-0.15, -0.1) is 0 Å². The van der Waals surface area contributed by atoms with Crippen molar-refractivity contribution in [3.8, 4) is 5.75 Å². The molecule has 9 heteroatoms. The summed E-state index contributed by atoms with van der Waals surface area (Å²) in [6, 6.07) is 34.5. The molecule has 2 amide bonds. The van der Waals surface area contributed by atoms with Gasteiger partial charge in [0.2, 0.25) is 21.8 Å². The summed E-state index contributed by atoms with van der Waals surface area (Å²) in [4.78, 5) is 29.5. The average Bonchev–Trinajstić information content (AvgIpc) is 3.02. The molecule has 224 valence electrons. The Labute approximate surface area is 254 Å². The van der Waals surface area contributed by atoms with Gasteiger partial charge in [-0.2, -0.15) is 4.31 Å². The van der Waals surface area contributed by atoms with Crippen molar-refractivity contribution in [2.45, 2.75) is 32.1 Å². The van der Waals surface area contributed by atoms with Crippen LogP contribution in [0.4, 0.5) is 0 Å². The molecule has 4 rings (SSSR count). The second kappa shape index (κ2) is 15.1. The van der Waals surface area contributed by atoms with Gasteiger partial charge in [-0.1, -0.05) is 103 Å². The second-order valence-electron chi connectivity index (χ2n) is 10.3. The second-order valence-corrected chi connectivity index (χ2v) is 12.3. The molecule has 0 aliphatic carbocycles. The van der Waals surface area contributed by atoms with E-state index in [1.807, 2.05) is 115 Å². The molecule has 8 nitrogen and oxygen atoms in total. The van der Waals surface area contributed by atoms with Gasteiger partial charge in [-0.25, -0.2) is 8.42 Å². The van der Waals surface area contributed by atoms with Crippen LogP contribution in [-0.2, 0) is 45.7 Å². The van der Waals surface area contributed by atoms with E-state index in [1.165, 1.54) is 4.90 Å². The van der Waals surface area contributed by atoms with Crippen LogP contribution in [-0.4, -0.2) is 55.4 Å². The van der Waals surface area contributed by atoms with Gasteiger partial charge in [0, 0.05) is 26.1 Å². The number of amides is 2. The van der Waals surface area contributed by atoms with Gasteiger partial charge in [0.05, 0.1) is 19.9 Å². The Morgan fingerprint density at radius 1 is 0.721 bits per heavy atom. The van der Waals surface area contributed by atoms with Gasteiger partial charge in [-0.05, 0) is 34.4 Å². The molecule has 0 unspecified atom stereocenters. The van der Waals surface area contributed by atoms with E-state index in [1.54, 1.807) is 7.11 Å². The van der Waals surface area contributed by atoms with Crippen molar-refractivity contribution in [3.05, 3.63) is 138 Å². The van der Waals surface area contributed by atoms with E-state index in [4.69, 9.17) is 4.74 Å². The summed E-state index contributed by atoms with van der Waals surface area (Å²) in [6.45, 7) is 0.0241. The van der Waals surface area contributed by atoms with Gasteiger partial charge in [0.1, 0.15) is 11.8 Å². The minimum absolute atomic E-state index is 0.0393. The number of hydrogen-bond donors (Lipinski definition) is 1. The number of methoxy groups -OCH3 is 1. The zero-order chi connectivity index (χ0) is 30.7. The van der Waals surface area contributed by atoms with Crippen LogP contribution in [0.1, 0.15) is 22.3 Å². The highest BCUT2D eigenvalue weighted by Gasteiger charge is 2.32. The number of nitrogens with one attached hydrogen (secondary N) is 1. The van der Waals surface area contributed by atoms with Gasteiger partial charge < -0.3 is 15.0 Å². The number of sulfonamides is 1. The number of benzene rings is 4. The molecular weight excluding hydrogens is 562 g/mol. The monoisotopic (exact) mass is 599 g/mol. The zero-order valence-corrected chi connectivity index (χ0v) is 25.2. The van der Waals surface area contributed by atoms with Gasteiger partial charge >= 0.3 is 0 Å². The summed E-state index contributed by atoms with van der Waals surface area (Å²) in [5.74, 6) is -0.0914. The fourth-order valence-corrected chi connectivity index (χ4v) is 5.43. The lowest BCUT2D eigenvalue weighted by Crippen LogP contribution is -2.53. The zero-order valence-electron chi connectivity index (χ0n) is 24.4. The summed E-state index contributed by atoms with van der Waals surface area (Å²) < 4.78 is 32.0. The lowest BCUT2D eigenvalue weighted by molar-refractivity contribution is -0.141. The minimum Gasteiger partial charge on any atom is -0.497 e. The summed E-state index contributed by atoms with van der Waals surface area (Å²) in [5, 5.41) is 3.00. The molecule has 0 radical (unpaired) electrons. The van der Waals surface area contributed by atoms with Crippen molar-refractivity contribution in [1.29, 1.82) is 0 Å². The summed E-state index contributed by atoms with van der Waals surface area (Å²) in [6.07, 6.45) is 1.35. The third-order valence-electron chi connectivity index (χ3n) is 7.08. The van der Waals surface area contributed by atoms with Gasteiger partial charge in [0.15, 0.2) is 0 Å². The first-order chi connectivity index (χ1) is 20.7. The Bertz CT molecular complexity index is 1570. The number of rotatable bonds is 14. The van der Waals surface area contributed by atoms with Crippen LogP contribution >= 0.6 is 0 Å². The number of carbonyl (C=O) groups is 2. The van der Waals surface area contributed by atoms with Crippen LogP contribution in [0.3, 0.4) is 0 Å². The topological polar surface area (TPSA) is 96.0 Å². The third-order valence-corrected chi connectivity index (χ3v) is 8.27. The molecule has 0 heterocycles. The lowest BCUT2D eigenvalue weighted by atomic mass is 10.0. The van der Waals surface area contributed by atoms with Crippen LogP contribution < -0.4 is 10.1 Å². The number of carbonyl (C=O) groups excluding carboxylic acids is 2. The van der Waals surface area contributed by atoms with Crippen molar-refractivity contribution >= 4 is 21.8 Å². The molecule has 0 aliphatic rings. The smallest absolute Gasteiger partial charge is 0.243 e. The third kappa shape index (κ3) is 9.52. The van der Waals surface area contributed by atoms with E-state index >= 15 is 0 Å². The Morgan fingerprint density at radius 3 is 1.74 bits per heavy atom. The van der Waals surface area contributed by atoms with Crippen molar-refractivity contribution < 1.29 is 22.7 Å². The number of hydrogen-bond acceptors (Lipinski definition) is 5. The van der Waals surface area contributed by atoms with E-state index in [0.717, 1.165) is 32.8 Å². The Kier molecular flexibility index (Phi) is 11.1. The lowest BCUT2D eigenvalue weighted by Gasteiger charge is -2.33. The van der Waals surface area contributed by atoms with Crippen molar-refractivity contribution in [3.63, 3.8) is 0 Å². The fourth-order valence-electron chi connectivity index (χ4n) is 4.70. The molecule has 1 atom stereocenters. The summed E-state index contributed by atoms with van der Waals surface area (Å²) >= 11 is 0. The molecule has 0 aliphatic heterocycles. The first kappa shape index (κ1) is 31.5. The average molecular weight is 600 g/mol. The SMILES string of the molecule is COc1ccc(CNC(=O)[C@@H](Cc2ccccc2)N(Cc2ccccc2)C(=O)CN(Cc2ccccc2)S(C)(=O)=O)cc1. The van der Waals surface area contributed by atoms with Crippen LogP contribution in [0.25, 0.3) is 0 Å². The highest BCUT2D eigenvalue weighted by atomic mass is 32.2. The van der Waals surface area contributed by atoms with Crippen LogP contribution in [0.5, 0.6) is 5.75 Å². The van der Waals surface area contributed by atoms with Gasteiger partial charge in [0.25, 0.3) is 0 Å². The molecule has 0 bridgehead atoms. The Balaban J connectivity index is 1.65. The molecule has 43 heavy (non-hydrogen) atoms. The molecule has 0 saturated heterocycles. The first-order valence-electron chi connectivity index (χ1n) is 14.0. The number of ether oxygens (including phenoxy) is 1.